The quantitative estimate of drug-likeness (QED) is 0.918. The summed E-state index contributed by atoms with van der Waals surface area (Å²) < 4.78 is 0.975. The SMILES string of the molecule is CNC(c1ccc(C)c(Cl)c1)c1ccc(Br)cn1. The molecular weight excluding hydrogens is 312 g/mol. The Hall–Kier alpha value is -0.900. The van der Waals surface area contributed by atoms with Crippen LogP contribution in [0.2, 0.25) is 5.02 Å². The highest BCUT2D eigenvalue weighted by atomic mass is 79.9. The van der Waals surface area contributed by atoms with Crippen LogP contribution in [0.25, 0.3) is 0 Å². The Morgan fingerprint density at radius 3 is 2.61 bits per heavy atom. The zero-order valence-electron chi connectivity index (χ0n) is 10.2. The minimum atomic E-state index is 0.0520. The number of benzene rings is 1. The molecule has 0 aliphatic carbocycles. The summed E-state index contributed by atoms with van der Waals surface area (Å²) in [5.41, 5.74) is 3.17. The highest BCUT2D eigenvalue weighted by Gasteiger charge is 2.14. The van der Waals surface area contributed by atoms with Crippen molar-refractivity contribution in [3.05, 3.63) is 62.8 Å². The molecule has 4 heteroatoms. The number of nitrogens with zero attached hydrogens (tertiary/aromatic N) is 1. The molecule has 94 valence electrons. The van der Waals surface area contributed by atoms with Crippen molar-refractivity contribution in [1.29, 1.82) is 0 Å². The summed E-state index contributed by atoms with van der Waals surface area (Å²) in [5, 5.41) is 4.05. The van der Waals surface area contributed by atoms with Crippen molar-refractivity contribution in [2.75, 3.05) is 7.05 Å². The highest BCUT2D eigenvalue weighted by molar-refractivity contribution is 9.10. The molecule has 1 aromatic heterocycles. The predicted octanol–water partition coefficient (Wildman–Crippen LogP) is 4.11. The molecule has 2 nitrogen and oxygen atoms in total. The van der Waals surface area contributed by atoms with E-state index in [1.807, 2.05) is 38.2 Å². The molecular formula is C14H14BrClN2. The van der Waals surface area contributed by atoms with Gasteiger partial charge in [-0.05, 0) is 59.2 Å². The van der Waals surface area contributed by atoms with Crippen molar-refractivity contribution in [3.8, 4) is 0 Å². The fourth-order valence-electron chi connectivity index (χ4n) is 1.83. The zero-order valence-corrected chi connectivity index (χ0v) is 12.6. The van der Waals surface area contributed by atoms with Gasteiger partial charge in [0.15, 0.2) is 0 Å². The number of halogens is 2. The molecule has 2 aromatic rings. The lowest BCUT2D eigenvalue weighted by atomic mass is 10.0. The Balaban J connectivity index is 2.38. The van der Waals surface area contributed by atoms with Gasteiger partial charge in [-0.25, -0.2) is 0 Å². The lowest BCUT2D eigenvalue weighted by Crippen LogP contribution is -2.18. The number of nitrogens with one attached hydrogen (secondary N) is 1. The predicted molar refractivity (Wildman–Crippen MR) is 79.0 cm³/mol. The lowest BCUT2D eigenvalue weighted by molar-refractivity contribution is 0.670. The van der Waals surface area contributed by atoms with E-state index in [1.54, 1.807) is 6.20 Å². The third-order valence-corrected chi connectivity index (χ3v) is 3.74. The Kier molecular flexibility index (Phi) is 4.38. The fraction of sp³-hybridized carbons (Fsp3) is 0.214. The van der Waals surface area contributed by atoms with Crippen LogP contribution in [0.4, 0.5) is 0 Å². The molecule has 1 aromatic carbocycles. The van der Waals surface area contributed by atoms with Crippen LogP contribution in [0.5, 0.6) is 0 Å². The average Bonchev–Trinajstić information content (AvgIpc) is 2.37. The van der Waals surface area contributed by atoms with Crippen molar-refractivity contribution in [3.63, 3.8) is 0 Å². The van der Waals surface area contributed by atoms with Crippen LogP contribution < -0.4 is 5.32 Å². The maximum absolute atomic E-state index is 6.17. The third kappa shape index (κ3) is 2.91. The van der Waals surface area contributed by atoms with Gasteiger partial charge in [-0.15, -0.1) is 0 Å². The van der Waals surface area contributed by atoms with Crippen LogP contribution in [0.15, 0.2) is 41.0 Å². The topological polar surface area (TPSA) is 24.9 Å². The molecule has 0 saturated carbocycles. The maximum atomic E-state index is 6.17. The average molecular weight is 326 g/mol. The number of pyridine rings is 1. The van der Waals surface area contributed by atoms with Crippen LogP contribution in [0.3, 0.4) is 0 Å². The van der Waals surface area contributed by atoms with E-state index in [1.165, 1.54) is 0 Å². The summed E-state index contributed by atoms with van der Waals surface area (Å²) in [4.78, 5) is 4.43. The smallest absolute Gasteiger partial charge is 0.0749 e. The number of aromatic nitrogens is 1. The second kappa shape index (κ2) is 5.83. The van der Waals surface area contributed by atoms with Gasteiger partial charge in [0.1, 0.15) is 0 Å². The van der Waals surface area contributed by atoms with E-state index in [-0.39, 0.29) is 6.04 Å². The monoisotopic (exact) mass is 324 g/mol. The lowest BCUT2D eigenvalue weighted by Gasteiger charge is -2.17. The van der Waals surface area contributed by atoms with Crippen molar-refractivity contribution in [1.82, 2.24) is 10.3 Å². The molecule has 0 radical (unpaired) electrons. The first-order chi connectivity index (χ1) is 8.61. The first-order valence-corrected chi connectivity index (χ1v) is 6.83. The molecule has 1 atom stereocenters. The Bertz CT molecular complexity index is 540. The van der Waals surface area contributed by atoms with Crippen LogP contribution >= 0.6 is 27.5 Å². The second-order valence-electron chi connectivity index (χ2n) is 4.13. The summed E-state index contributed by atoms with van der Waals surface area (Å²) in [6.07, 6.45) is 1.80. The molecule has 0 saturated heterocycles. The van der Waals surface area contributed by atoms with Gasteiger partial charge in [0.25, 0.3) is 0 Å². The van der Waals surface area contributed by atoms with Gasteiger partial charge in [-0.2, -0.15) is 0 Å². The first kappa shape index (κ1) is 13.5. The molecule has 0 aliphatic rings. The van der Waals surface area contributed by atoms with E-state index >= 15 is 0 Å². The van der Waals surface area contributed by atoms with Crippen molar-refractivity contribution in [2.45, 2.75) is 13.0 Å². The normalized spacial score (nSPS) is 12.4. The van der Waals surface area contributed by atoms with Crippen molar-refractivity contribution >= 4 is 27.5 Å². The first-order valence-electron chi connectivity index (χ1n) is 5.66. The van der Waals surface area contributed by atoms with E-state index < -0.39 is 0 Å². The van der Waals surface area contributed by atoms with Gasteiger partial charge in [0, 0.05) is 15.7 Å². The van der Waals surface area contributed by atoms with Crippen LogP contribution in [-0.4, -0.2) is 12.0 Å². The van der Waals surface area contributed by atoms with Gasteiger partial charge in [-0.1, -0.05) is 23.7 Å². The Labute approximate surface area is 121 Å². The summed E-state index contributed by atoms with van der Waals surface area (Å²) in [5.74, 6) is 0. The highest BCUT2D eigenvalue weighted by Crippen LogP contribution is 2.25. The number of hydrogen-bond donors (Lipinski definition) is 1. The van der Waals surface area contributed by atoms with E-state index in [0.717, 1.165) is 26.3 Å². The Morgan fingerprint density at radius 1 is 1.28 bits per heavy atom. The van der Waals surface area contributed by atoms with E-state index in [4.69, 9.17) is 11.6 Å². The third-order valence-electron chi connectivity index (χ3n) is 2.86. The second-order valence-corrected chi connectivity index (χ2v) is 5.45. The van der Waals surface area contributed by atoms with E-state index in [2.05, 4.69) is 32.3 Å². The minimum Gasteiger partial charge on any atom is -0.308 e. The van der Waals surface area contributed by atoms with Gasteiger partial charge < -0.3 is 5.32 Å². The van der Waals surface area contributed by atoms with E-state index in [0.29, 0.717) is 0 Å². The minimum absolute atomic E-state index is 0.0520. The standard InChI is InChI=1S/C14H14BrClN2/c1-9-3-4-10(7-12(9)16)14(17-2)13-6-5-11(15)8-18-13/h3-8,14,17H,1-2H3. The molecule has 1 unspecified atom stereocenters. The largest absolute Gasteiger partial charge is 0.308 e. The molecule has 0 fully saturated rings. The summed E-state index contributed by atoms with van der Waals surface area (Å²) >= 11 is 9.56. The Morgan fingerprint density at radius 2 is 2.06 bits per heavy atom. The van der Waals surface area contributed by atoms with Crippen LogP contribution in [0, 0.1) is 6.92 Å². The molecule has 0 amide bonds. The van der Waals surface area contributed by atoms with Crippen LogP contribution in [-0.2, 0) is 0 Å². The molecule has 0 spiro atoms. The zero-order chi connectivity index (χ0) is 13.1. The van der Waals surface area contributed by atoms with E-state index in [9.17, 15) is 0 Å². The molecule has 0 aliphatic heterocycles. The van der Waals surface area contributed by atoms with Gasteiger partial charge in [0.05, 0.1) is 11.7 Å². The molecule has 0 bridgehead atoms. The fourth-order valence-corrected chi connectivity index (χ4v) is 2.26. The van der Waals surface area contributed by atoms with Crippen LogP contribution in [0.1, 0.15) is 22.9 Å². The maximum Gasteiger partial charge on any atom is 0.0749 e. The molecule has 1 N–H and O–H groups in total. The summed E-state index contributed by atoms with van der Waals surface area (Å²) in [6, 6.07) is 10.1. The van der Waals surface area contributed by atoms with Crippen molar-refractivity contribution < 1.29 is 0 Å². The summed E-state index contributed by atoms with van der Waals surface area (Å²) in [7, 11) is 1.92. The molecule has 18 heavy (non-hydrogen) atoms. The van der Waals surface area contributed by atoms with Crippen molar-refractivity contribution in [2.24, 2.45) is 0 Å². The molecule has 1 heterocycles. The number of aryl methyl sites for hydroxylation is 1. The van der Waals surface area contributed by atoms with Gasteiger partial charge in [0.2, 0.25) is 0 Å². The number of rotatable bonds is 3. The molecule has 2 rings (SSSR count). The van der Waals surface area contributed by atoms with Gasteiger partial charge in [-0.3, -0.25) is 4.98 Å². The summed E-state index contributed by atoms with van der Waals surface area (Å²) in [6.45, 7) is 2.00. The number of hydrogen-bond acceptors (Lipinski definition) is 2. The van der Waals surface area contributed by atoms with Gasteiger partial charge >= 0.3 is 0 Å².